The van der Waals surface area contributed by atoms with Crippen molar-refractivity contribution in [3.05, 3.63) is 59.2 Å². The Morgan fingerprint density at radius 2 is 1.84 bits per heavy atom. The van der Waals surface area contributed by atoms with Crippen molar-refractivity contribution < 1.29 is 18.6 Å². The zero-order valence-corrected chi connectivity index (χ0v) is 10.7. The van der Waals surface area contributed by atoms with Crippen molar-refractivity contribution in [2.24, 2.45) is 0 Å². The number of hydrogen-bond donors (Lipinski definition) is 1. The second kappa shape index (κ2) is 5.36. The highest BCUT2D eigenvalue weighted by Crippen LogP contribution is 2.32. The lowest BCUT2D eigenvalue weighted by Gasteiger charge is -2.14. The van der Waals surface area contributed by atoms with E-state index in [1.54, 1.807) is 19.1 Å². The van der Waals surface area contributed by atoms with Crippen LogP contribution in [-0.4, -0.2) is 5.11 Å². The Balaban J connectivity index is 2.38. The van der Waals surface area contributed by atoms with E-state index in [1.807, 2.05) is 0 Å². The van der Waals surface area contributed by atoms with Crippen LogP contribution in [0.25, 0.3) is 0 Å². The van der Waals surface area contributed by atoms with Gasteiger partial charge in [-0.3, -0.25) is 0 Å². The van der Waals surface area contributed by atoms with Gasteiger partial charge >= 0.3 is 0 Å². The van der Waals surface area contributed by atoms with E-state index in [1.165, 1.54) is 31.2 Å². The Labute approximate surface area is 110 Å². The van der Waals surface area contributed by atoms with Crippen LogP contribution in [0.2, 0.25) is 0 Å². The molecular formula is C15H14F2O2. The van der Waals surface area contributed by atoms with Crippen molar-refractivity contribution in [1.82, 2.24) is 0 Å². The Morgan fingerprint density at radius 3 is 2.47 bits per heavy atom. The third kappa shape index (κ3) is 2.90. The summed E-state index contributed by atoms with van der Waals surface area (Å²) in [7, 11) is 0. The molecule has 0 saturated carbocycles. The molecule has 0 fully saturated rings. The van der Waals surface area contributed by atoms with Gasteiger partial charge < -0.3 is 9.84 Å². The molecule has 0 heterocycles. The quantitative estimate of drug-likeness (QED) is 0.903. The maximum absolute atomic E-state index is 13.6. The minimum absolute atomic E-state index is 0.0588. The highest BCUT2D eigenvalue weighted by Gasteiger charge is 2.15. The molecule has 0 aliphatic heterocycles. The number of rotatable bonds is 3. The molecule has 2 nitrogen and oxygen atoms in total. The van der Waals surface area contributed by atoms with Crippen LogP contribution in [0.5, 0.6) is 11.5 Å². The summed E-state index contributed by atoms with van der Waals surface area (Å²) >= 11 is 0. The number of aryl methyl sites for hydroxylation is 1. The first-order valence-electron chi connectivity index (χ1n) is 5.89. The number of benzene rings is 2. The highest BCUT2D eigenvalue weighted by molar-refractivity contribution is 5.40. The van der Waals surface area contributed by atoms with Gasteiger partial charge in [-0.1, -0.05) is 12.1 Å². The average molecular weight is 264 g/mol. The summed E-state index contributed by atoms with van der Waals surface area (Å²) in [5.74, 6) is -0.513. The fourth-order valence-corrected chi connectivity index (χ4v) is 1.78. The van der Waals surface area contributed by atoms with Gasteiger partial charge in [-0.15, -0.1) is 0 Å². The lowest BCUT2D eigenvalue weighted by Crippen LogP contribution is -2.00. The molecule has 0 saturated heterocycles. The smallest absolute Gasteiger partial charge is 0.136 e. The monoisotopic (exact) mass is 264 g/mol. The molecule has 0 amide bonds. The first-order chi connectivity index (χ1) is 8.99. The van der Waals surface area contributed by atoms with E-state index >= 15 is 0 Å². The molecule has 100 valence electrons. The van der Waals surface area contributed by atoms with Crippen molar-refractivity contribution in [3.8, 4) is 11.5 Å². The third-order valence-corrected chi connectivity index (χ3v) is 2.80. The van der Waals surface area contributed by atoms with Gasteiger partial charge in [0, 0.05) is 6.07 Å². The number of hydrogen-bond acceptors (Lipinski definition) is 2. The van der Waals surface area contributed by atoms with E-state index in [2.05, 4.69) is 0 Å². The molecule has 1 unspecified atom stereocenters. The molecule has 1 N–H and O–H groups in total. The highest BCUT2D eigenvalue weighted by atomic mass is 19.1. The number of aliphatic hydroxyl groups is 1. The molecule has 2 aromatic rings. The topological polar surface area (TPSA) is 29.5 Å². The summed E-state index contributed by atoms with van der Waals surface area (Å²) in [6.07, 6.45) is -1.01. The number of ether oxygens (including phenoxy) is 1. The SMILES string of the molecule is Cc1ccc(Oc2cccc(F)c2C(C)O)cc1F. The molecule has 1 atom stereocenters. The van der Waals surface area contributed by atoms with Crippen molar-refractivity contribution in [3.63, 3.8) is 0 Å². The van der Waals surface area contributed by atoms with Crippen molar-refractivity contribution in [2.45, 2.75) is 20.0 Å². The molecule has 2 rings (SSSR count). The summed E-state index contributed by atoms with van der Waals surface area (Å²) in [6.45, 7) is 3.09. The fourth-order valence-electron chi connectivity index (χ4n) is 1.78. The summed E-state index contributed by atoms with van der Waals surface area (Å²) in [5.41, 5.74) is 0.561. The Kier molecular flexibility index (Phi) is 3.81. The van der Waals surface area contributed by atoms with Crippen molar-refractivity contribution >= 4 is 0 Å². The molecular weight excluding hydrogens is 250 g/mol. The lowest BCUT2D eigenvalue weighted by atomic mass is 10.1. The van der Waals surface area contributed by atoms with E-state index in [0.717, 1.165) is 0 Å². The second-order valence-electron chi connectivity index (χ2n) is 4.34. The van der Waals surface area contributed by atoms with Gasteiger partial charge in [-0.25, -0.2) is 8.78 Å². The van der Waals surface area contributed by atoms with Crippen LogP contribution in [0.4, 0.5) is 8.78 Å². The maximum Gasteiger partial charge on any atom is 0.136 e. The van der Waals surface area contributed by atoms with Gasteiger partial charge in [0.1, 0.15) is 23.1 Å². The fraction of sp³-hybridized carbons (Fsp3) is 0.200. The van der Waals surface area contributed by atoms with Crippen LogP contribution < -0.4 is 4.74 Å². The summed E-state index contributed by atoms with van der Waals surface area (Å²) in [5, 5.41) is 9.57. The van der Waals surface area contributed by atoms with Gasteiger partial charge in [-0.2, -0.15) is 0 Å². The zero-order valence-electron chi connectivity index (χ0n) is 10.7. The lowest BCUT2D eigenvalue weighted by molar-refractivity contribution is 0.190. The van der Waals surface area contributed by atoms with Crippen LogP contribution in [0.15, 0.2) is 36.4 Å². The summed E-state index contributed by atoms with van der Waals surface area (Å²) in [4.78, 5) is 0. The van der Waals surface area contributed by atoms with Crippen LogP contribution in [0, 0.1) is 18.6 Å². The minimum atomic E-state index is -1.01. The predicted octanol–water partition coefficient (Wildman–Crippen LogP) is 4.12. The third-order valence-electron chi connectivity index (χ3n) is 2.80. The molecule has 4 heteroatoms. The molecule has 0 aliphatic carbocycles. The normalized spacial score (nSPS) is 12.3. The largest absolute Gasteiger partial charge is 0.457 e. The van der Waals surface area contributed by atoms with E-state index in [-0.39, 0.29) is 17.1 Å². The number of halogens is 2. The van der Waals surface area contributed by atoms with E-state index < -0.39 is 17.7 Å². The maximum atomic E-state index is 13.6. The average Bonchev–Trinajstić information content (AvgIpc) is 2.33. The Morgan fingerprint density at radius 1 is 1.11 bits per heavy atom. The zero-order chi connectivity index (χ0) is 14.0. The molecule has 0 spiro atoms. The van der Waals surface area contributed by atoms with Gasteiger partial charge in [0.05, 0.1) is 11.7 Å². The summed E-state index contributed by atoms with van der Waals surface area (Å²) < 4.78 is 32.5. The molecule has 2 aromatic carbocycles. The van der Waals surface area contributed by atoms with Crippen molar-refractivity contribution in [1.29, 1.82) is 0 Å². The molecule has 0 aliphatic rings. The van der Waals surface area contributed by atoms with Gasteiger partial charge in [-0.05, 0) is 37.6 Å². The van der Waals surface area contributed by atoms with Gasteiger partial charge in [0.25, 0.3) is 0 Å². The second-order valence-corrected chi connectivity index (χ2v) is 4.34. The first kappa shape index (κ1) is 13.5. The van der Waals surface area contributed by atoms with Gasteiger partial charge in [0.15, 0.2) is 0 Å². The van der Waals surface area contributed by atoms with Gasteiger partial charge in [0.2, 0.25) is 0 Å². The molecule has 0 aromatic heterocycles. The van der Waals surface area contributed by atoms with E-state index in [0.29, 0.717) is 5.56 Å². The molecule has 0 radical (unpaired) electrons. The van der Waals surface area contributed by atoms with Crippen LogP contribution >= 0.6 is 0 Å². The van der Waals surface area contributed by atoms with E-state index in [9.17, 15) is 13.9 Å². The van der Waals surface area contributed by atoms with E-state index in [4.69, 9.17) is 4.74 Å². The Bertz CT molecular complexity index is 595. The Hall–Kier alpha value is -1.94. The standard InChI is InChI=1S/C15H14F2O2/c1-9-6-7-11(8-13(9)17)19-14-5-3-4-12(16)15(14)10(2)18/h3-8,10,18H,1-2H3. The molecule has 19 heavy (non-hydrogen) atoms. The van der Waals surface area contributed by atoms with Crippen molar-refractivity contribution in [2.75, 3.05) is 0 Å². The minimum Gasteiger partial charge on any atom is -0.457 e. The molecule has 0 bridgehead atoms. The summed E-state index contributed by atoms with van der Waals surface area (Å²) in [6, 6.07) is 8.64. The van der Waals surface area contributed by atoms with Crippen LogP contribution in [0.1, 0.15) is 24.2 Å². The van der Waals surface area contributed by atoms with Crippen LogP contribution in [0.3, 0.4) is 0 Å². The predicted molar refractivity (Wildman–Crippen MR) is 68.2 cm³/mol. The first-order valence-corrected chi connectivity index (χ1v) is 5.89. The van der Waals surface area contributed by atoms with Crippen LogP contribution in [-0.2, 0) is 0 Å². The number of aliphatic hydroxyl groups excluding tert-OH is 1.